The second-order valence-corrected chi connectivity index (χ2v) is 3.95. The maximum absolute atomic E-state index is 11.1. The Morgan fingerprint density at radius 3 is 2.65 bits per heavy atom. The molecule has 2 heterocycles. The summed E-state index contributed by atoms with van der Waals surface area (Å²) in [5, 5.41) is 21.1. The van der Waals surface area contributed by atoms with E-state index in [0.717, 1.165) is 10.4 Å². The first-order chi connectivity index (χ1) is 9.75. The standard InChI is InChI=1S/C13H9N5O2/c19-13(20)10-7-4-8-14-12(10)18-16-11(15-17-18)9-5-2-1-3-6-9/h1-8H,(H,19,20). The molecular formula is C13H9N5O2. The zero-order chi connectivity index (χ0) is 13.9. The number of hydrogen-bond donors (Lipinski definition) is 1. The molecule has 3 aromatic rings. The molecule has 0 saturated carbocycles. The molecule has 7 nitrogen and oxygen atoms in total. The summed E-state index contributed by atoms with van der Waals surface area (Å²) >= 11 is 0. The van der Waals surface area contributed by atoms with Crippen LogP contribution in [0.3, 0.4) is 0 Å². The number of pyridine rings is 1. The second kappa shape index (κ2) is 4.88. The van der Waals surface area contributed by atoms with Gasteiger partial charge in [-0.2, -0.15) is 0 Å². The Labute approximate surface area is 113 Å². The van der Waals surface area contributed by atoms with Gasteiger partial charge < -0.3 is 5.11 Å². The van der Waals surface area contributed by atoms with E-state index in [-0.39, 0.29) is 11.4 Å². The fraction of sp³-hybridized carbons (Fsp3) is 0. The molecular weight excluding hydrogens is 258 g/mol. The molecule has 7 heteroatoms. The van der Waals surface area contributed by atoms with Crippen molar-refractivity contribution in [1.29, 1.82) is 0 Å². The molecule has 0 saturated heterocycles. The van der Waals surface area contributed by atoms with Crippen LogP contribution in [0.2, 0.25) is 0 Å². The van der Waals surface area contributed by atoms with Crippen molar-refractivity contribution in [2.45, 2.75) is 0 Å². The fourth-order valence-corrected chi connectivity index (χ4v) is 1.73. The van der Waals surface area contributed by atoms with Crippen molar-refractivity contribution in [3.63, 3.8) is 0 Å². The lowest BCUT2D eigenvalue weighted by Crippen LogP contribution is -2.10. The van der Waals surface area contributed by atoms with Gasteiger partial charge in [-0.05, 0) is 17.3 Å². The van der Waals surface area contributed by atoms with E-state index in [4.69, 9.17) is 5.11 Å². The molecule has 98 valence electrons. The highest BCUT2D eigenvalue weighted by atomic mass is 16.4. The van der Waals surface area contributed by atoms with Crippen LogP contribution in [-0.2, 0) is 0 Å². The van der Waals surface area contributed by atoms with Crippen LogP contribution in [-0.4, -0.2) is 36.3 Å². The predicted molar refractivity (Wildman–Crippen MR) is 69.3 cm³/mol. The van der Waals surface area contributed by atoms with E-state index in [9.17, 15) is 4.79 Å². The molecule has 0 fully saturated rings. The van der Waals surface area contributed by atoms with Crippen LogP contribution in [0.1, 0.15) is 10.4 Å². The Bertz CT molecular complexity index is 754. The number of carboxylic acids is 1. The van der Waals surface area contributed by atoms with Gasteiger partial charge in [-0.1, -0.05) is 30.3 Å². The lowest BCUT2D eigenvalue weighted by Gasteiger charge is -2.01. The van der Waals surface area contributed by atoms with Gasteiger partial charge in [-0.3, -0.25) is 0 Å². The third-order valence-corrected chi connectivity index (χ3v) is 2.65. The molecule has 1 aromatic carbocycles. The van der Waals surface area contributed by atoms with Crippen molar-refractivity contribution in [2.75, 3.05) is 0 Å². The predicted octanol–water partition coefficient (Wildman–Crippen LogP) is 1.42. The summed E-state index contributed by atoms with van der Waals surface area (Å²) in [7, 11) is 0. The smallest absolute Gasteiger partial charge is 0.339 e. The van der Waals surface area contributed by atoms with Gasteiger partial charge in [0.25, 0.3) is 0 Å². The van der Waals surface area contributed by atoms with Crippen molar-refractivity contribution in [1.82, 2.24) is 25.2 Å². The molecule has 0 radical (unpaired) electrons. The third kappa shape index (κ3) is 2.12. The highest BCUT2D eigenvalue weighted by molar-refractivity contribution is 5.90. The molecule has 0 bridgehead atoms. The topological polar surface area (TPSA) is 93.8 Å². The lowest BCUT2D eigenvalue weighted by molar-refractivity contribution is 0.0696. The molecule has 0 aliphatic rings. The molecule has 1 N–H and O–H groups in total. The van der Waals surface area contributed by atoms with Crippen LogP contribution in [0, 0.1) is 0 Å². The number of aromatic carboxylic acids is 1. The van der Waals surface area contributed by atoms with E-state index in [1.165, 1.54) is 12.3 Å². The van der Waals surface area contributed by atoms with Crippen molar-refractivity contribution >= 4 is 5.97 Å². The number of benzene rings is 1. The number of carbonyl (C=O) groups is 1. The van der Waals surface area contributed by atoms with Gasteiger partial charge >= 0.3 is 5.97 Å². The summed E-state index contributed by atoms with van der Waals surface area (Å²) in [4.78, 5) is 16.3. The Morgan fingerprint density at radius 2 is 1.90 bits per heavy atom. The Hall–Kier alpha value is -3.09. The van der Waals surface area contributed by atoms with Crippen LogP contribution in [0.5, 0.6) is 0 Å². The number of hydrogen-bond acceptors (Lipinski definition) is 5. The Kier molecular flexibility index (Phi) is 2.92. The minimum atomic E-state index is -1.09. The third-order valence-electron chi connectivity index (χ3n) is 2.65. The van der Waals surface area contributed by atoms with Crippen molar-refractivity contribution < 1.29 is 9.90 Å². The summed E-state index contributed by atoms with van der Waals surface area (Å²) in [6.07, 6.45) is 1.48. The summed E-state index contributed by atoms with van der Waals surface area (Å²) < 4.78 is 0. The first-order valence-corrected chi connectivity index (χ1v) is 5.80. The number of aromatic nitrogens is 5. The average molecular weight is 267 g/mol. The lowest BCUT2D eigenvalue weighted by atomic mass is 10.2. The van der Waals surface area contributed by atoms with Gasteiger partial charge in [0.05, 0.1) is 0 Å². The van der Waals surface area contributed by atoms with Crippen molar-refractivity contribution in [3.05, 3.63) is 54.2 Å². The maximum atomic E-state index is 11.1. The zero-order valence-electron chi connectivity index (χ0n) is 10.2. The normalized spacial score (nSPS) is 10.4. The molecule has 0 amide bonds. The van der Waals surface area contributed by atoms with E-state index in [2.05, 4.69) is 20.4 Å². The monoisotopic (exact) mass is 267 g/mol. The average Bonchev–Trinajstić information content (AvgIpc) is 2.98. The zero-order valence-corrected chi connectivity index (χ0v) is 10.2. The van der Waals surface area contributed by atoms with E-state index in [1.807, 2.05) is 30.3 Å². The maximum Gasteiger partial charge on any atom is 0.339 e. The Morgan fingerprint density at radius 1 is 1.10 bits per heavy atom. The molecule has 2 aromatic heterocycles. The highest BCUT2D eigenvalue weighted by Crippen LogP contribution is 2.14. The van der Waals surface area contributed by atoms with E-state index in [0.29, 0.717) is 5.82 Å². The number of rotatable bonds is 3. The van der Waals surface area contributed by atoms with E-state index < -0.39 is 5.97 Å². The largest absolute Gasteiger partial charge is 0.478 e. The molecule has 0 spiro atoms. The van der Waals surface area contributed by atoms with Crippen LogP contribution < -0.4 is 0 Å². The van der Waals surface area contributed by atoms with Gasteiger partial charge in [0.2, 0.25) is 5.82 Å². The van der Waals surface area contributed by atoms with Crippen LogP contribution >= 0.6 is 0 Å². The van der Waals surface area contributed by atoms with Crippen LogP contribution in [0.15, 0.2) is 48.7 Å². The summed E-state index contributed by atoms with van der Waals surface area (Å²) in [6.45, 7) is 0. The number of carboxylic acid groups (broad SMARTS) is 1. The summed E-state index contributed by atoms with van der Waals surface area (Å²) in [5.41, 5.74) is 0.816. The highest BCUT2D eigenvalue weighted by Gasteiger charge is 2.15. The SMILES string of the molecule is O=C(O)c1cccnc1-n1nnc(-c2ccccc2)n1. The van der Waals surface area contributed by atoms with Crippen LogP contribution in [0.25, 0.3) is 17.2 Å². The van der Waals surface area contributed by atoms with Gasteiger partial charge in [-0.15, -0.1) is 15.0 Å². The molecule has 3 rings (SSSR count). The molecule has 20 heavy (non-hydrogen) atoms. The van der Waals surface area contributed by atoms with Gasteiger partial charge in [-0.25, -0.2) is 9.78 Å². The first kappa shape index (κ1) is 12.0. The molecule has 0 aliphatic carbocycles. The van der Waals surface area contributed by atoms with Gasteiger partial charge in [0.1, 0.15) is 5.56 Å². The molecule has 0 aliphatic heterocycles. The van der Waals surface area contributed by atoms with Crippen LogP contribution in [0.4, 0.5) is 0 Å². The van der Waals surface area contributed by atoms with Crippen molar-refractivity contribution in [2.24, 2.45) is 0 Å². The first-order valence-electron chi connectivity index (χ1n) is 5.80. The van der Waals surface area contributed by atoms with E-state index >= 15 is 0 Å². The van der Waals surface area contributed by atoms with Crippen molar-refractivity contribution in [3.8, 4) is 17.2 Å². The number of nitrogens with zero attached hydrogens (tertiary/aromatic N) is 5. The fourth-order valence-electron chi connectivity index (χ4n) is 1.73. The molecule has 0 atom stereocenters. The minimum absolute atomic E-state index is 0.0181. The number of tetrazole rings is 1. The quantitative estimate of drug-likeness (QED) is 0.771. The minimum Gasteiger partial charge on any atom is -0.478 e. The Balaban J connectivity index is 2.05. The second-order valence-electron chi connectivity index (χ2n) is 3.95. The summed E-state index contributed by atoms with van der Waals surface area (Å²) in [6, 6.07) is 12.3. The summed E-state index contributed by atoms with van der Waals surface area (Å²) in [5.74, 6) is -0.547. The van der Waals surface area contributed by atoms with Gasteiger partial charge in [0.15, 0.2) is 5.82 Å². The van der Waals surface area contributed by atoms with E-state index in [1.54, 1.807) is 6.07 Å². The van der Waals surface area contributed by atoms with Gasteiger partial charge in [0, 0.05) is 11.8 Å². The molecule has 0 unspecified atom stereocenters.